The molecule has 0 fully saturated rings. The summed E-state index contributed by atoms with van der Waals surface area (Å²) < 4.78 is 87.6. The fourth-order valence-electron chi connectivity index (χ4n) is 1.04. The van der Waals surface area contributed by atoms with E-state index in [0.29, 0.717) is 6.92 Å². The van der Waals surface area contributed by atoms with Crippen LogP contribution in [0, 0.1) is 23.3 Å². The zero-order valence-electron chi connectivity index (χ0n) is 8.46. The van der Waals surface area contributed by atoms with Gasteiger partial charge in [-0.15, -0.1) is 0 Å². The van der Waals surface area contributed by atoms with Crippen LogP contribution in [0.1, 0.15) is 6.92 Å². The van der Waals surface area contributed by atoms with E-state index in [-0.39, 0.29) is 0 Å². The predicted molar refractivity (Wildman–Crippen MR) is 45.5 cm³/mol. The summed E-state index contributed by atoms with van der Waals surface area (Å²) in [5.74, 6) is -12.6. The number of ether oxygens (including phenoxy) is 1. The van der Waals surface area contributed by atoms with Crippen molar-refractivity contribution in [2.24, 2.45) is 0 Å². The van der Waals surface area contributed by atoms with Crippen LogP contribution in [-0.2, 0) is 14.9 Å². The molecule has 18 heavy (non-hydrogen) atoms. The molecule has 0 N–H and O–H groups in total. The summed E-state index contributed by atoms with van der Waals surface area (Å²) in [6, 6.07) is 0. The van der Waals surface area contributed by atoms with Crippen molar-refractivity contribution in [2.75, 3.05) is 0 Å². The van der Waals surface area contributed by atoms with Crippen molar-refractivity contribution in [1.29, 1.82) is 0 Å². The van der Waals surface area contributed by atoms with Crippen LogP contribution in [0.15, 0.2) is 4.90 Å². The minimum absolute atomic E-state index is 0.687. The summed E-state index contributed by atoms with van der Waals surface area (Å²) in [5.41, 5.74) is 0. The van der Waals surface area contributed by atoms with Crippen LogP contribution in [-0.4, -0.2) is 18.9 Å². The van der Waals surface area contributed by atoms with Gasteiger partial charge in [-0.2, -0.15) is 8.78 Å². The third-order valence-electron chi connectivity index (χ3n) is 1.68. The lowest BCUT2D eigenvalue weighted by atomic mass is 10.3. The fourth-order valence-corrected chi connectivity index (χ4v) is 1.66. The summed E-state index contributed by atoms with van der Waals surface area (Å²) in [7, 11) is -5.77. The van der Waals surface area contributed by atoms with Gasteiger partial charge in [0.25, 0.3) is 0 Å². The van der Waals surface area contributed by atoms with Gasteiger partial charge in [0.1, 0.15) is 15.0 Å². The average Bonchev–Trinajstić information content (AvgIpc) is 2.19. The molecule has 10 heteroatoms. The highest BCUT2D eigenvalue weighted by Gasteiger charge is 2.30. The second-order valence-corrected chi connectivity index (χ2v) is 4.28. The highest BCUT2D eigenvalue weighted by molar-refractivity contribution is 7.85. The van der Waals surface area contributed by atoms with Crippen LogP contribution in [0.5, 0.6) is 5.75 Å². The minimum atomic E-state index is -5.77. The summed E-state index contributed by atoms with van der Waals surface area (Å²) >= 11 is 0. The lowest BCUT2D eigenvalue weighted by Gasteiger charge is -2.13. The molecule has 5 nitrogen and oxygen atoms in total. The Balaban J connectivity index is 3.72. The first kappa shape index (κ1) is 14.4. The number of halogens is 4. The molecule has 0 saturated carbocycles. The molecule has 0 spiro atoms. The molecule has 0 aliphatic carbocycles. The van der Waals surface area contributed by atoms with Crippen molar-refractivity contribution in [2.45, 2.75) is 11.8 Å². The van der Waals surface area contributed by atoms with Crippen LogP contribution >= 0.6 is 0 Å². The molecule has 0 heterocycles. The Hall–Kier alpha value is -1.68. The number of carbonyl (C=O) groups excluding carboxylic acids is 1. The summed E-state index contributed by atoms with van der Waals surface area (Å²) in [6.45, 7) is 0.687. The van der Waals surface area contributed by atoms with Gasteiger partial charge in [-0.3, -0.25) is 4.79 Å². The van der Waals surface area contributed by atoms with Crippen molar-refractivity contribution < 1.29 is 40.1 Å². The van der Waals surface area contributed by atoms with Gasteiger partial charge in [0.15, 0.2) is 11.6 Å². The van der Waals surface area contributed by atoms with Gasteiger partial charge in [0.05, 0.1) is 0 Å². The first-order valence-electron chi connectivity index (χ1n) is 4.07. The van der Waals surface area contributed by atoms with E-state index in [4.69, 9.17) is 0 Å². The maximum atomic E-state index is 13.1. The van der Waals surface area contributed by atoms with Crippen molar-refractivity contribution >= 4 is 16.1 Å². The van der Waals surface area contributed by atoms with Gasteiger partial charge in [-0.25, -0.2) is 17.2 Å². The van der Waals surface area contributed by atoms with E-state index in [1.165, 1.54) is 0 Å². The van der Waals surface area contributed by atoms with Crippen molar-refractivity contribution in [1.82, 2.24) is 0 Å². The van der Waals surface area contributed by atoms with Gasteiger partial charge in [-0.1, -0.05) is 0 Å². The fraction of sp³-hybridized carbons (Fsp3) is 0.125. The smallest absolute Gasteiger partial charge is 0.308 e. The molecule has 0 atom stereocenters. The zero-order valence-corrected chi connectivity index (χ0v) is 9.28. The normalized spacial score (nSPS) is 11.4. The molecular formula is C8H3F4O5S-. The number of rotatable bonds is 2. The zero-order chi connectivity index (χ0) is 14.2. The Morgan fingerprint density at radius 3 is 1.72 bits per heavy atom. The lowest BCUT2D eigenvalue weighted by molar-refractivity contribution is -0.132. The molecular weight excluding hydrogens is 284 g/mol. The molecule has 100 valence electrons. The van der Waals surface area contributed by atoms with E-state index in [1.807, 2.05) is 0 Å². The van der Waals surface area contributed by atoms with Crippen molar-refractivity contribution in [3.8, 4) is 5.75 Å². The van der Waals surface area contributed by atoms with Crippen LogP contribution in [0.25, 0.3) is 0 Å². The van der Waals surface area contributed by atoms with Gasteiger partial charge >= 0.3 is 5.97 Å². The average molecular weight is 287 g/mol. The minimum Gasteiger partial charge on any atom is -0.744 e. The molecule has 0 aliphatic rings. The monoisotopic (exact) mass is 287 g/mol. The molecule has 0 unspecified atom stereocenters. The highest BCUT2D eigenvalue weighted by atomic mass is 32.2. The number of benzene rings is 1. The van der Waals surface area contributed by atoms with Gasteiger partial charge in [0.2, 0.25) is 17.4 Å². The molecule has 0 aliphatic heterocycles. The third kappa shape index (κ3) is 2.43. The molecule has 0 radical (unpaired) electrons. The molecule has 1 aromatic carbocycles. The second kappa shape index (κ2) is 4.53. The SMILES string of the molecule is CC(=O)Oc1c(F)c(F)c(S(=O)(=O)[O-])c(F)c1F. The molecule has 0 amide bonds. The Bertz CT molecular complexity index is 596. The molecule has 0 aromatic heterocycles. The largest absolute Gasteiger partial charge is 0.744 e. The predicted octanol–water partition coefficient (Wildman–Crippen LogP) is 1.07. The van der Waals surface area contributed by atoms with E-state index in [1.54, 1.807) is 0 Å². The number of carbonyl (C=O) groups is 1. The van der Waals surface area contributed by atoms with E-state index in [0.717, 1.165) is 0 Å². The summed E-state index contributed by atoms with van der Waals surface area (Å²) in [4.78, 5) is 8.13. The van der Waals surface area contributed by atoms with Crippen LogP contribution < -0.4 is 4.74 Å². The molecule has 0 bridgehead atoms. The van der Waals surface area contributed by atoms with Gasteiger partial charge in [0, 0.05) is 6.92 Å². The Morgan fingerprint density at radius 2 is 1.44 bits per heavy atom. The third-order valence-corrected chi connectivity index (χ3v) is 2.54. The number of hydrogen-bond donors (Lipinski definition) is 0. The van der Waals surface area contributed by atoms with Crippen LogP contribution in [0.4, 0.5) is 17.6 Å². The maximum Gasteiger partial charge on any atom is 0.308 e. The van der Waals surface area contributed by atoms with E-state index >= 15 is 0 Å². The Labute approximate surface area is 97.7 Å². The summed E-state index contributed by atoms with van der Waals surface area (Å²) in [5, 5.41) is 0. The lowest BCUT2D eigenvalue weighted by Crippen LogP contribution is -2.14. The first-order valence-corrected chi connectivity index (χ1v) is 5.48. The Morgan fingerprint density at radius 1 is 1.06 bits per heavy atom. The number of hydrogen-bond acceptors (Lipinski definition) is 5. The highest BCUT2D eigenvalue weighted by Crippen LogP contribution is 2.32. The topological polar surface area (TPSA) is 83.5 Å². The molecule has 0 saturated heterocycles. The van der Waals surface area contributed by atoms with Crippen LogP contribution in [0.2, 0.25) is 0 Å². The van der Waals surface area contributed by atoms with Crippen LogP contribution in [0.3, 0.4) is 0 Å². The standard InChI is InChI=1S/C8H4F4O5S/c1-2(13)17-7-3(9)5(11)8(18(14,15)16)6(12)4(7)10/h1H3,(H,14,15,16)/p-1. The van der Waals surface area contributed by atoms with E-state index in [9.17, 15) is 35.3 Å². The van der Waals surface area contributed by atoms with Crippen molar-refractivity contribution in [3.63, 3.8) is 0 Å². The van der Waals surface area contributed by atoms with E-state index < -0.39 is 50.0 Å². The molecule has 1 rings (SSSR count). The molecule has 1 aromatic rings. The van der Waals surface area contributed by atoms with Gasteiger partial charge < -0.3 is 9.29 Å². The number of esters is 1. The summed E-state index contributed by atoms with van der Waals surface area (Å²) in [6.07, 6.45) is 0. The second-order valence-electron chi connectivity index (χ2n) is 2.96. The first-order chi connectivity index (χ1) is 8.07. The van der Waals surface area contributed by atoms with Gasteiger partial charge in [-0.05, 0) is 0 Å². The van der Waals surface area contributed by atoms with E-state index in [2.05, 4.69) is 4.74 Å². The quantitative estimate of drug-likeness (QED) is 0.267. The van der Waals surface area contributed by atoms with Crippen molar-refractivity contribution in [3.05, 3.63) is 23.3 Å². The Kier molecular flexibility index (Phi) is 3.62. The maximum absolute atomic E-state index is 13.1.